The average Bonchev–Trinajstić information content (AvgIpc) is 2.24. The largest absolute Gasteiger partial charge is 0.463 e. The van der Waals surface area contributed by atoms with Gasteiger partial charge in [0.25, 0.3) is 10.1 Å². The van der Waals surface area contributed by atoms with Gasteiger partial charge in [-0.05, 0) is 27.2 Å². The van der Waals surface area contributed by atoms with Crippen LogP contribution in [-0.2, 0) is 23.8 Å². The van der Waals surface area contributed by atoms with E-state index in [1.54, 1.807) is 13.8 Å². The van der Waals surface area contributed by atoms with Crippen molar-refractivity contribution in [3.63, 3.8) is 0 Å². The van der Waals surface area contributed by atoms with Gasteiger partial charge in [-0.15, -0.1) is 0 Å². The van der Waals surface area contributed by atoms with Gasteiger partial charge in [0.15, 0.2) is 0 Å². The lowest BCUT2D eigenvalue weighted by molar-refractivity contribution is -0.154. The zero-order chi connectivity index (χ0) is 12.8. The second-order valence-electron chi connectivity index (χ2n) is 4.04. The molecule has 0 bridgehead atoms. The molecule has 0 unspecified atom stereocenters. The van der Waals surface area contributed by atoms with Gasteiger partial charge in [-0.3, -0.25) is 8.98 Å². The third-order valence-electron chi connectivity index (χ3n) is 2.37. The van der Waals surface area contributed by atoms with Gasteiger partial charge in [-0.1, -0.05) is 6.92 Å². The molecule has 5 nitrogen and oxygen atoms in total. The third kappa shape index (κ3) is 5.46. The lowest BCUT2D eigenvalue weighted by Crippen LogP contribution is -2.27. The smallest absolute Gasteiger partial charge is 0.311 e. The minimum Gasteiger partial charge on any atom is -0.463 e. The normalized spacial score (nSPS) is 12.5. The predicted molar refractivity (Wildman–Crippen MR) is 60.4 cm³/mol. The van der Waals surface area contributed by atoms with E-state index in [4.69, 9.17) is 4.74 Å². The minimum atomic E-state index is -3.45. The second-order valence-corrected chi connectivity index (χ2v) is 5.97. The van der Waals surface area contributed by atoms with E-state index < -0.39 is 15.5 Å². The van der Waals surface area contributed by atoms with Crippen LogP contribution in [0.3, 0.4) is 0 Å². The van der Waals surface area contributed by atoms with E-state index in [1.807, 2.05) is 6.92 Å². The lowest BCUT2D eigenvalue weighted by Gasteiger charge is -2.20. The summed E-state index contributed by atoms with van der Waals surface area (Å²) in [7, 11) is -3.45. The van der Waals surface area contributed by atoms with Crippen molar-refractivity contribution >= 4 is 16.1 Å². The molecule has 0 aliphatic heterocycles. The van der Waals surface area contributed by atoms with Crippen LogP contribution in [0.4, 0.5) is 0 Å². The SMILES string of the molecule is CCC(C)(C)C(=O)OCCOS(=O)(=O)CC. The first-order chi connectivity index (χ1) is 7.25. The molecule has 0 amide bonds. The van der Waals surface area contributed by atoms with Crippen LogP contribution >= 0.6 is 0 Å². The highest BCUT2D eigenvalue weighted by atomic mass is 32.2. The van der Waals surface area contributed by atoms with Gasteiger partial charge in [0.2, 0.25) is 0 Å². The summed E-state index contributed by atoms with van der Waals surface area (Å²) in [6.07, 6.45) is 0.667. The summed E-state index contributed by atoms with van der Waals surface area (Å²) >= 11 is 0. The molecule has 16 heavy (non-hydrogen) atoms. The Morgan fingerprint density at radius 3 is 2.19 bits per heavy atom. The fraction of sp³-hybridized carbons (Fsp3) is 0.900. The zero-order valence-corrected chi connectivity index (χ0v) is 11.1. The molecule has 0 aliphatic rings. The summed E-state index contributed by atoms with van der Waals surface area (Å²) in [5.74, 6) is -0.422. The van der Waals surface area contributed by atoms with Crippen LogP contribution in [0.2, 0.25) is 0 Å². The molecule has 0 spiro atoms. The first-order valence-corrected chi connectivity index (χ1v) is 6.87. The molecule has 0 rings (SSSR count). The van der Waals surface area contributed by atoms with Crippen LogP contribution in [0, 0.1) is 5.41 Å². The lowest BCUT2D eigenvalue weighted by atomic mass is 9.91. The molecule has 0 saturated heterocycles. The number of rotatable bonds is 7. The standard InChI is InChI=1S/C10H20O5S/c1-5-10(3,4)9(11)14-7-8-15-16(12,13)6-2/h5-8H2,1-4H3. The van der Waals surface area contributed by atoms with Crippen LogP contribution in [0.25, 0.3) is 0 Å². The van der Waals surface area contributed by atoms with E-state index in [2.05, 4.69) is 4.18 Å². The van der Waals surface area contributed by atoms with Crippen molar-refractivity contribution in [3.05, 3.63) is 0 Å². The monoisotopic (exact) mass is 252 g/mol. The van der Waals surface area contributed by atoms with E-state index in [0.29, 0.717) is 6.42 Å². The highest BCUT2D eigenvalue weighted by Gasteiger charge is 2.26. The van der Waals surface area contributed by atoms with Crippen molar-refractivity contribution in [3.8, 4) is 0 Å². The Balaban J connectivity index is 3.89. The third-order valence-corrected chi connectivity index (χ3v) is 3.60. The maximum atomic E-state index is 11.5. The molecule has 0 aromatic heterocycles. The maximum Gasteiger partial charge on any atom is 0.311 e. The fourth-order valence-corrected chi connectivity index (χ4v) is 1.21. The van der Waals surface area contributed by atoms with Crippen molar-refractivity contribution < 1.29 is 22.1 Å². The molecule has 96 valence electrons. The van der Waals surface area contributed by atoms with Crippen LogP contribution in [0.1, 0.15) is 34.1 Å². The Labute approximate surface area is 97.2 Å². The van der Waals surface area contributed by atoms with E-state index in [1.165, 1.54) is 6.92 Å². The first-order valence-electron chi connectivity index (χ1n) is 5.29. The van der Waals surface area contributed by atoms with Gasteiger partial charge in [-0.2, -0.15) is 8.42 Å². The molecule has 0 N–H and O–H groups in total. The Morgan fingerprint density at radius 1 is 1.19 bits per heavy atom. The minimum absolute atomic E-state index is 0.0402. The van der Waals surface area contributed by atoms with Crippen molar-refractivity contribution in [1.29, 1.82) is 0 Å². The predicted octanol–water partition coefficient (Wildman–Crippen LogP) is 1.33. The molecule has 0 aromatic rings. The van der Waals surface area contributed by atoms with Gasteiger partial charge in [0.05, 0.1) is 11.2 Å². The quantitative estimate of drug-likeness (QED) is 0.388. The number of esters is 1. The summed E-state index contributed by atoms with van der Waals surface area (Å²) in [5, 5.41) is 0. The average molecular weight is 252 g/mol. The highest BCUT2D eigenvalue weighted by Crippen LogP contribution is 2.21. The van der Waals surface area contributed by atoms with Crippen molar-refractivity contribution in [1.82, 2.24) is 0 Å². The molecule has 0 atom stereocenters. The molecule has 6 heteroatoms. The zero-order valence-electron chi connectivity index (χ0n) is 10.3. The van der Waals surface area contributed by atoms with Crippen molar-refractivity contribution in [2.75, 3.05) is 19.0 Å². The molecular weight excluding hydrogens is 232 g/mol. The molecule has 0 fully saturated rings. The van der Waals surface area contributed by atoms with Gasteiger partial charge >= 0.3 is 5.97 Å². The number of hydrogen-bond donors (Lipinski definition) is 0. The summed E-state index contributed by atoms with van der Waals surface area (Å²) < 4.78 is 31.3. The molecule has 0 aromatic carbocycles. The van der Waals surface area contributed by atoms with Crippen LogP contribution in [0.15, 0.2) is 0 Å². The first kappa shape index (κ1) is 15.4. The van der Waals surface area contributed by atoms with E-state index in [9.17, 15) is 13.2 Å². The summed E-state index contributed by atoms with van der Waals surface area (Å²) in [4.78, 5) is 11.5. The highest BCUT2D eigenvalue weighted by molar-refractivity contribution is 7.86. The Morgan fingerprint density at radius 2 is 1.75 bits per heavy atom. The Kier molecular flexibility index (Phi) is 5.96. The van der Waals surface area contributed by atoms with Gasteiger partial charge < -0.3 is 4.74 Å². The summed E-state index contributed by atoms with van der Waals surface area (Å²) in [6.45, 7) is 6.77. The Hall–Kier alpha value is -0.620. The number of hydrogen-bond acceptors (Lipinski definition) is 5. The van der Waals surface area contributed by atoms with E-state index >= 15 is 0 Å². The van der Waals surface area contributed by atoms with E-state index in [-0.39, 0.29) is 24.9 Å². The van der Waals surface area contributed by atoms with Crippen LogP contribution in [-0.4, -0.2) is 33.4 Å². The van der Waals surface area contributed by atoms with Crippen molar-refractivity contribution in [2.45, 2.75) is 34.1 Å². The molecule has 0 heterocycles. The Bertz CT molecular complexity index is 318. The van der Waals surface area contributed by atoms with Gasteiger partial charge in [0.1, 0.15) is 13.2 Å². The van der Waals surface area contributed by atoms with E-state index in [0.717, 1.165) is 0 Å². The summed E-state index contributed by atoms with van der Waals surface area (Å²) in [6, 6.07) is 0. The van der Waals surface area contributed by atoms with Gasteiger partial charge in [-0.25, -0.2) is 0 Å². The maximum absolute atomic E-state index is 11.5. The molecule has 0 radical (unpaired) electrons. The second kappa shape index (κ2) is 6.20. The van der Waals surface area contributed by atoms with Crippen molar-refractivity contribution in [2.24, 2.45) is 5.41 Å². The molecule has 0 saturated carbocycles. The molecular formula is C10H20O5S. The summed E-state index contributed by atoms with van der Waals surface area (Å²) in [5.41, 5.74) is -0.538. The number of ether oxygens (including phenoxy) is 1. The van der Waals surface area contributed by atoms with Crippen LogP contribution in [0.5, 0.6) is 0 Å². The topological polar surface area (TPSA) is 69.7 Å². The fourth-order valence-electron chi connectivity index (χ4n) is 0.718. The van der Waals surface area contributed by atoms with Crippen LogP contribution < -0.4 is 0 Å². The van der Waals surface area contributed by atoms with Gasteiger partial charge in [0, 0.05) is 0 Å². The molecule has 0 aliphatic carbocycles. The number of carbonyl (C=O) groups is 1. The number of carbonyl (C=O) groups excluding carboxylic acids is 1.